The Labute approximate surface area is 222 Å². The molecule has 0 bridgehead atoms. The van der Waals surface area contributed by atoms with Crippen LogP contribution in [0, 0.1) is 0 Å². The van der Waals surface area contributed by atoms with Crippen LogP contribution in [0.3, 0.4) is 0 Å². The predicted molar refractivity (Wildman–Crippen MR) is 143 cm³/mol. The van der Waals surface area contributed by atoms with Gasteiger partial charge in [0.15, 0.2) is 0 Å². The second-order valence-corrected chi connectivity index (χ2v) is 9.98. The number of para-hydroxylation sites is 1. The van der Waals surface area contributed by atoms with Gasteiger partial charge < -0.3 is 9.47 Å². The van der Waals surface area contributed by atoms with Crippen molar-refractivity contribution in [3.8, 4) is 11.5 Å². The molecule has 0 saturated carbocycles. The number of fused-ring (bicyclic) bond motifs is 3. The average molecular weight is 560 g/mol. The molecule has 0 aliphatic carbocycles. The maximum Gasteiger partial charge on any atom is 0.343 e. The van der Waals surface area contributed by atoms with Crippen molar-refractivity contribution >= 4 is 39.2 Å². The highest BCUT2D eigenvalue weighted by atomic mass is 79.9. The van der Waals surface area contributed by atoms with Crippen LogP contribution >= 0.6 is 27.5 Å². The third-order valence-corrected chi connectivity index (χ3v) is 7.11. The number of hydrazone groups is 1. The summed E-state index contributed by atoms with van der Waals surface area (Å²) in [5.41, 5.74) is 4.54. The molecular weight excluding hydrogens is 540 g/mol. The van der Waals surface area contributed by atoms with Gasteiger partial charge in [-0.05, 0) is 72.3 Å². The largest absolute Gasteiger partial charge is 0.464 e. The van der Waals surface area contributed by atoms with Crippen LogP contribution in [0.15, 0.2) is 107 Å². The smallest absolute Gasteiger partial charge is 0.343 e. The van der Waals surface area contributed by atoms with Crippen molar-refractivity contribution in [1.29, 1.82) is 0 Å². The summed E-state index contributed by atoms with van der Waals surface area (Å²) >= 11 is 9.47. The summed E-state index contributed by atoms with van der Waals surface area (Å²) in [7, 11) is 0. The third-order valence-electron chi connectivity index (χ3n) is 6.33. The van der Waals surface area contributed by atoms with Crippen molar-refractivity contribution < 1.29 is 14.3 Å². The van der Waals surface area contributed by atoms with Gasteiger partial charge in [0.05, 0.1) is 17.3 Å². The number of benzene rings is 4. The normalized spacial score (nSPS) is 18.1. The molecule has 2 heterocycles. The standard InChI is InChI=1S/C29H20BrClN2O3/c30-21-11-5-20(6-12-21)29(34)35-23-15-9-19(10-16-23)28-33-26(24-3-1-2-4-27(24)36-28)17-25(32-33)18-7-13-22(31)14-8-18/h1-16,26,28H,17H2/t26-,28-/m0/s1. The van der Waals surface area contributed by atoms with Crippen molar-refractivity contribution in [2.75, 3.05) is 0 Å². The first-order valence-corrected chi connectivity index (χ1v) is 12.7. The van der Waals surface area contributed by atoms with Crippen LogP contribution in [0.25, 0.3) is 0 Å². The number of esters is 1. The van der Waals surface area contributed by atoms with Gasteiger partial charge in [0.25, 0.3) is 0 Å². The van der Waals surface area contributed by atoms with E-state index in [0.717, 1.165) is 39.0 Å². The van der Waals surface area contributed by atoms with E-state index >= 15 is 0 Å². The Bertz CT molecular complexity index is 1450. The fourth-order valence-corrected chi connectivity index (χ4v) is 4.91. The van der Waals surface area contributed by atoms with E-state index in [2.05, 4.69) is 22.0 Å². The lowest BCUT2D eigenvalue weighted by Crippen LogP contribution is -2.33. The minimum atomic E-state index is -0.411. The van der Waals surface area contributed by atoms with Crippen molar-refractivity contribution in [1.82, 2.24) is 5.01 Å². The van der Waals surface area contributed by atoms with Crippen LogP contribution in [0.2, 0.25) is 5.02 Å². The molecule has 0 unspecified atom stereocenters. The summed E-state index contributed by atoms with van der Waals surface area (Å²) in [4.78, 5) is 12.5. The summed E-state index contributed by atoms with van der Waals surface area (Å²) in [5, 5.41) is 7.70. The maximum atomic E-state index is 12.5. The summed E-state index contributed by atoms with van der Waals surface area (Å²) in [6.07, 6.45) is 0.354. The minimum Gasteiger partial charge on any atom is -0.464 e. The van der Waals surface area contributed by atoms with Gasteiger partial charge in [0.2, 0.25) is 6.23 Å². The van der Waals surface area contributed by atoms with Crippen molar-refractivity contribution in [3.05, 3.63) is 129 Å². The third kappa shape index (κ3) is 4.38. The van der Waals surface area contributed by atoms with Gasteiger partial charge in [0.1, 0.15) is 11.5 Å². The van der Waals surface area contributed by atoms with Gasteiger partial charge in [-0.15, -0.1) is 0 Å². The molecule has 0 fully saturated rings. The van der Waals surface area contributed by atoms with Crippen LogP contribution in [-0.4, -0.2) is 16.7 Å². The molecule has 4 aromatic carbocycles. The topological polar surface area (TPSA) is 51.1 Å². The summed E-state index contributed by atoms with van der Waals surface area (Å²) in [6, 6.07) is 30.3. The van der Waals surface area contributed by atoms with Crippen molar-refractivity contribution in [2.45, 2.75) is 18.7 Å². The molecule has 7 heteroatoms. The van der Waals surface area contributed by atoms with Gasteiger partial charge in [-0.1, -0.05) is 57.9 Å². The number of carbonyl (C=O) groups excluding carboxylic acids is 1. The van der Waals surface area contributed by atoms with Crippen LogP contribution in [-0.2, 0) is 0 Å². The highest BCUT2D eigenvalue weighted by molar-refractivity contribution is 9.10. The van der Waals surface area contributed by atoms with Gasteiger partial charge in [-0.25, -0.2) is 9.80 Å². The molecule has 178 valence electrons. The van der Waals surface area contributed by atoms with Crippen LogP contribution in [0.1, 0.15) is 45.7 Å². The number of carbonyl (C=O) groups is 1. The first-order valence-electron chi connectivity index (χ1n) is 11.5. The lowest BCUT2D eigenvalue weighted by molar-refractivity contribution is -0.0190. The molecule has 0 radical (unpaired) electrons. The van der Waals surface area contributed by atoms with Gasteiger partial charge in [-0.3, -0.25) is 0 Å². The van der Waals surface area contributed by atoms with E-state index < -0.39 is 12.2 Å². The summed E-state index contributed by atoms with van der Waals surface area (Å²) in [5.74, 6) is 0.906. The molecule has 0 N–H and O–H groups in total. The SMILES string of the molecule is O=C(Oc1ccc([C@@H]2Oc3ccccc3[C@@H]3CC(c4ccc(Cl)cc4)=NN32)cc1)c1ccc(Br)cc1. The molecule has 2 aliphatic heterocycles. The molecule has 0 amide bonds. The predicted octanol–water partition coefficient (Wildman–Crippen LogP) is 7.56. The second-order valence-electron chi connectivity index (χ2n) is 8.63. The quantitative estimate of drug-likeness (QED) is 0.191. The number of hydrogen-bond donors (Lipinski definition) is 0. The number of ether oxygens (including phenoxy) is 2. The number of rotatable bonds is 4. The first-order chi connectivity index (χ1) is 17.5. The Balaban J connectivity index is 1.28. The zero-order valence-electron chi connectivity index (χ0n) is 19.0. The number of halogens is 2. The molecule has 2 atom stereocenters. The van der Waals surface area contributed by atoms with Crippen molar-refractivity contribution in [2.24, 2.45) is 5.10 Å². The monoisotopic (exact) mass is 558 g/mol. The minimum absolute atomic E-state index is 0.0561. The van der Waals surface area contributed by atoms with Crippen molar-refractivity contribution in [3.63, 3.8) is 0 Å². The van der Waals surface area contributed by atoms with E-state index in [0.29, 0.717) is 16.3 Å². The highest BCUT2D eigenvalue weighted by Gasteiger charge is 2.40. The van der Waals surface area contributed by atoms with Crippen LogP contribution < -0.4 is 9.47 Å². The van der Waals surface area contributed by atoms with E-state index in [9.17, 15) is 4.79 Å². The second kappa shape index (κ2) is 9.45. The maximum absolute atomic E-state index is 12.5. The molecule has 0 saturated heterocycles. The Kier molecular flexibility index (Phi) is 5.99. The van der Waals surface area contributed by atoms with E-state index in [1.165, 1.54) is 0 Å². The first kappa shape index (κ1) is 22.8. The lowest BCUT2D eigenvalue weighted by Gasteiger charge is -2.38. The molecule has 4 aromatic rings. The van der Waals surface area contributed by atoms with E-state index in [4.69, 9.17) is 26.2 Å². The Hall–Kier alpha value is -3.61. The molecular formula is C29H20BrClN2O3. The molecule has 0 spiro atoms. The zero-order valence-corrected chi connectivity index (χ0v) is 21.3. The van der Waals surface area contributed by atoms with E-state index in [1.54, 1.807) is 24.3 Å². The molecule has 5 nitrogen and oxygen atoms in total. The van der Waals surface area contributed by atoms with Gasteiger partial charge in [0, 0.05) is 27.0 Å². The Morgan fingerprint density at radius 2 is 1.67 bits per heavy atom. The Morgan fingerprint density at radius 3 is 2.42 bits per heavy atom. The lowest BCUT2D eigenvalue weighted by atomic mass is 9.96. The highest BCUT2D eigenvalue weighted by Crippen LogP contribution is 2.47. The fraction of sp³-hybridized carbons (Fsp3) is 0.103. The number of hydrogen-bond acceptors (Lipinski definition) is 5. The molecule has 6 rings (SSSR count). The molecule has 0 aromatic heterocycles. The van der Waals surface area contributed by atoms with Gasteiger partial charge in [-0.2, -0.15) is 5.10 Å². The van der Waals surface area contributed by atoms with E-state index in [1.807, 2.05) is 71.7 Å². The molecule has 36 heavy (non-hydrogen) atoms. The summed E-state index contributed by atoms with van der Waals surface area (Å²) in [6.45, 7) is 0. The van der Waals surface area contributed by atoms with E-state index in [-0.39, 0.29) is 6.04 Å². The van der Waals surface area contributed by atoms with Gasteiger partial charge >= 0.3 is 5.97 Å². The average Bonchev–Trinajstić information content (AvgIpc) is 3.35. The van der Waals surface area contributed by atoms with Crippen LogP contribution in [0.5, 0.6) is 11.5 Å². The summed E-state index contributed by atoms with van der Waals surface area (Å²) < 4.78 is 12.9. The number of nitrogens with zero attached hydrogens (tertiary/aromatic N) is 2. The molecule has 2 aliphatic rings. The Morgan fingerprint density at radius 1 is 0.944 bits per heavy atom. The zero-order chi connectivity index (χ0) is 24.6. The van der Waals surface area contributed by atoms with Crippen LogP contribution in [0.4, 0.5) is 0 Å². The fourth-order valence-electron chi connectivity index (χ4n) is 4.52.